The molecule has 1 saturated heterocycles. The third-order valence-corrected chi connectivity index (χ3v) is 3.20. The molecule has 0 aromatic heterocycles. The van der Waals surface area contributed by atoms with Crippen molar-refractivity contribution in [1.29, 1.82) is 0 Å². The summed E-state index contributed by atoms with van der Waals surface area (Å²) in [5, 5.41) is 9.53. The highest BCUT2D eigenvalue weighted by atomic mass is 16.3. The van der Waals surface area contributed by atoms with Gasteiger partial charge in [-0.15, -0.1) is 0 Å². The molecule has 1 heterocycles. The number of rotatable bonds is 2. The number of hydrogen-bond donors (Lipinski definition) is 1. The van der Waals surface area contributed by atoms with Gasteiger partial charge in [-0.3, -0.25) is 4.79 Å². The van der Waals surface area contributed by atoms with E-state index >= 15 is 0 Å². The molecule has 3 nitrogen and oxygen atoms in total. The number of β-amino-alcohol motifs (C(OH)–C–C–N with tert-alkyl or cyclic N) is 1. The van der Waals surface area contributed by atoms with Gasteiger partial charge in [0.05, 0.1) is 6.10 Å². The summed E-state index contributed by atoms with van der Waals surface area (Å²) in [6.45, 7) is 3.24. The molecular formula is C15H19NO2. The van der Waals surface area contributed by atoms with Crippen LogP contribution < -0.4 is 0 Å². The van der Waals surface area contributed by atoms with Crippen LogP contribution in [0.1, 0.15) is 24.0 Å². The maximum atomic E-state index is 11.9. The number of aryl methyl sites for hydroxylation is 1. The van der Waals surface area contributed by atoms with Crippen molar-refractivity contribution in [3.05, 3.63) is 41.5 Å². The van der Waals surface area contributed by atoms with E-state index in [1.807, 2.05) is 37.3 Å². The van der Waals surface area contributed by atoms with E-state index < -0.39 is 0 Å². The van der Waals surface area contributed by atoms with Crippen molar-refractivity contribution in [1.82, 2.24) is 4.90 Å². The monoisotopic (exact) mass is 245 g/mol. The molecule has 1 amide bonds. The highest BCUT2D eigenvalue weighted by Crippen LogP contribution is 2.11. The van der Waals surface area contributed by atoms with Crippen molar-refractivity contribution in [2.45, 2.75) is 25.9 Å². The standard InChI is InChI=1S/C15H19NO2/c1-12-4-6-13(7-5-12)8-9-15(18)16-10-2-3-14(17)11-16/h4-9,14,17H,2-3,10-11H2,1H3/b9-8+. The van der Waals surface area contributed by atoms with Crippen LogP contribution in [0.5, 0.6) is 0 Å². The molecule has 1 N–H and O–H groups in total. The van der Waals surface area contributed by atoms with E-state index in [-0.39, 0.29) is 12.0 Å². The zero-order valence-electron chi connectivity index (χ0n) is 10.7. The Balaban J connectivity index is 1.96. The van der Waals surface area contributed by atoms with E-state index in [9.17, 15) is 9.90 Å². The number of piperidine rings is 1. The first-order valence-electron chi connectivity index (χ1n) is 6.37. The molecular weight excluding hydrogens is 226 g/mol. The van der Waals surface area contributed by atoms with Crippen molar-refractivity contribution in [3.63, 3.8) is 0 Å². The fraction of sp³-hybridized carbons (Fsp3) is 0.400. The number of likely N-dealkylation sites (tertiary alicyclic amines) is 1. The lowest BCUT2D eigenvalue weighted by Gasteiger charge is -2.29. The fourth-order valence-electron chi connectivity index (χ4n) is 2.11. The van der Waals surface area contributed by atoms with E-state index in [2.05, 4.69) is 0 Å². The largest absolute Gasteiger partial charge is 0.391 e. The Labute approximate surface area is 108 Å². The van der Waals surface area contributed by atoms with E-state index in [0.717, 1.165) is 24.9 Å². The van der Waals surface area contributed by atoms with Crippen LogP contribution in [-0.4, -0.2) is 35.1 Å². The molecule has 0 saturated carbocycles. The lowest BCUT2D eigenvalue weighted by molar-refractivity contribution is -0.128. The van der Waals surface area contributed by atoms with Gasteiger partial charge >= 0.3 is 0 Å². The Kier molecular flexibility index (Phi) is 4.15. The predicted molar refractivity (Wildman–Crippen MR) is 72.0 cm³/mol. The Morgan fingerprint density at radius 3 is 2.78 bits per heavy atom. The predicted octanol–water partition coefficient (Wildman–Crippen LogP) is 1.99. The summed E-state index contributed by atoms with van der Waals surface area (Å²) < 4.78 is 0. The summed E-state index contributed by atoms with van der Waals surface area (Å²) in [5.41, 5.74) is 2.23. The molecule has 1 atom stereocenters. The number of nitrogens with zero attached hydrogens (tertiary/aromatic N) is 1. The molecule has 18 heavy (non-hydrogen) atoms. The SMILES string of the molecule is Cc1ccc(/C=C/C(=O)N2CCCC(O)C2)cc1. The molecule has 2 rings (SSSR count). The molecule has 96 valence electrons. The molecule has 1 aliphatic heterocycles. The number of carbonyl (C=O) groups excluding carboxylic acids is 1. The van der Waals surface area contributed by atoms with Gasteiger partial charge < -0.3 is 10.0 Å². The van der Waals surface area contributed by atoms with Gasteiger partial charge in [0.1, 0.15) is 0 Å². The van der Waals surface area contributed by atoms with Crippen LogP contribution in [0.15, 0.2) is 30.3 Å². The van der Waals surface area contributed by atoms with Crippen LogP contribution in [0.3, 0.4) is 0 Å². The number of benzene rings is 1. The smallest absolute Gasteiger partial charge is 0.246 e. The first-order chi connectivity index (χ1) is 8.65. The minimum atomic E-state index is -0.365. The Morgan fingerprint density at radius 2 is 2.11 bits per heavy atom. The topological polar surface area (TPSA) is 40.5 Å². The van der Waals surface area contributed by atoms with E-state index in [1.54, 1.807) is 11.0 Å². The maximum Gasteiger partial charge on any atom is 0.246 e. The van der Waals surface area contributed by atoms with E-state index in [1.165, 1.54) is 5.56 Å². The number of hydrogen-bond acceptors (Lipinski definition) is 2. The second-order valence-corrected chi connectivity index (χ2v) is 4.82. The zero-order valence-corrected chi connectivity index (χ0v) is 10.7. The molecule has 1 aliphatic rings. The van der Waals surface area contributed by atoms with E-state index in [0.29, 0.717) is 6.54 Å². The summed E-state index contributed by atoms with van der Waals surface area (Å²) in [7, 11) is 0. The summed E-state index contributed by atoms with van der Waals surface area (Å²) in [5.74, 6) is -0.0191. The molecule has 0 radical (unpaired) electrons. The molecule has 1 aromatic rings. The molecule has 3 heteroatoms. The van der Waals surface area contributed by atoms with Gasteiger partial charge in [-0.05, 0) is 31.4 Å². The quantitative estimate of drug-likeness (QED) is 0.809. The normalized spacial score (nSPS) is 20.3. The molecule has 0 aliphatic carbocycles. The number of aliphatic hydroxyl groups excluding tert-OH is 1. The molecule has 1 aromatic carbocycles. The number of carbonyl (C=O) groups is 1. The third kappa shape index (κ3) is 3.44. The first kappa shape index (κ1) is 12.8. The van der Waals surface area contributed by atoms with Gasteiger partial charge in [0.25, 0.3) is 0 Å². The lowest BCUT2D eigenvalue weighted by atomic mass is 10.1. The fourth-order valence-corrected chi connectivity index (χ4v) is 2.11. The Hall–Kier alpha value is -1.61. The van der Waals surface area contributed by atoms with Crippen molar-refractivity contribution in [3.8, 4) is 0 Å². The third-order valence-electron chi connectivity index (χ3n) is 3.20. The van der Waals surface area contributed by atoms with Crippen LogP contribution in [0.4, 0.5) is 0 Å². The van der Waals surface area contributed by atoms with Gasteiger partial charge in [-0.25, -0.2) is 0 Å². The second kappa shape index (κ2) is 5.83. The lowest BCUT2D eigenvalue weighted by Crippen LogP contribution is -2.41. The average Bonchev–Trinajstić information content (AvgIpc) is 2.38. The van der Waals surface area contributed by atoms with Gasteiger partial charge in [0.15, 0.2) is 0 Å². The summed E-state index contributed by atoms with van der Waals surface area (Å²) in [4.78, 5) is 13.6. The van der Waals surface area contributed by atoms with Crippen LogP contribution in [-0.2, 0) is 4.79 Å². The van der Waals surface area contributed by atoms with Crippen molar-refractivity contribution in [2.75, 3.05) is 13.1 Å². The van der Waals surface area contributed by atoms with E-state index in [4.69, 9.17) is 0 Å². The summed E-state index contributed by atoms with van der Waals surface area (Å²) in [6, 6.07) is 8.03. The Morgan fingerprint density at radius 1 is 1.39 bits per heavy atom. The summed E-state index contributed by atoms with van der Waals surface area (Å²) in [6.07, 6.45) is 4.72. The summed E-state index contributed by atoms with van der Waals surface area (Å²) >= 11 is 0. The maximum absolute atomic E-state index is 11.9. The highest BCUT2D eigenvalue weighted by Gasteiger charge is 2.20. The van der Waals surface area contributed by atoms with Gasteiger partial charge in [0, 0.05) is 19.2 Å². The van der Waals surface area contributed by atoms with Gasteiger partial charge in [0.2, 0.25) is 5.91 Å². The molecule has 0 bridgehead atoms. The second-order valence-electron chi connectivity index (χ2n) is 4.82. The average molecular weight is 245 g/mol. The minimum absolute atomic E-state index is 0.0191. The number of aliphatic hydroxyl groups is 1. The van der Waals surface area contributed by atoms with Crippen LogP contribution in [0.2, 0.25) is 0 Å². The van der Waals surface area contributed by atoms with Crippen LogP contribution >= 0.6 is 0 Å². The van der Waals surface area contributed by atoms with Gasteiger partial charge in [-0.2, -0.15) is 0 Å². The zero-order chi connectivity index (χ0) is 13.0. The van der Waals surface area contributed by atoms with Crippen LogP contribution in [0, 0.1) is 6.92 Å². The first-order valence-corrected chi connectivity index (χ1v) is 6.37. The van der Waals surface area contributed by atoms with Crippen molar-refractivity contribution < 1.29 is 9.90 Å². The van der Waals surface area contributed by atoms with Crippen molar-refractivity contribution in [2.24, 2.45) is 0 Å². The molecule has 1 unspecified atom stereocenters. The highest BCUT2D eigenvalue weighted by molar-refractivity contribution is 5.91. The number of amides is 1. The van der Waals surface area contributed by atoms with Gasteiger partial charge in [-0.1, -0.05) is 29.8 Å². The Bertz CT molecular complexity index is 436. The molecule has 1 fully saturated rings. The molecule has 0 spiro atoms. The minimum Gasteiger partial charge on any atom is -0.391 e. The van der Waals surface area contributed by atoms with Crippen molar-refractivity contribution >= 4 is 12.0 Å². The van der Waals surface area contributed by atoms with Crippen LogP contribution in [0.25, 0.3) is 6.08 Å².